The number of para-hydroxylation sites is 2. The Morgan fingerprint density at radius 2 is 2.30 bits per heavy atom. The van der Waals surface area contributed by atoms with Crippen LogP contribution in [-0.4, -0.2) is 41.4 Å². The normalized spacial score (nSPS) is 19.8. The maximum atomic E-state index is 11.9. The van der Waals surface area contributed by atoms with Crippen molar-refractivity contribution in [3.63, 3.8) is 0 Å². The van der Waals surface area contributed by atoms with Gasteiger partial charge in [-0.3, -0.25) is 9.69 Å². The number of rotatable bonds is 5. The SMILES string of the molecule is CC1CSCCN1CCCC(=O)Nc1ccccc1N. The number of nitrogens with two attached hydrogens (primary N) is 1. The zero-order valence-electron chi connectivity index (χ0n) is 12.0. The Bertz CT molecular complexity index is 452. The average molecular weight is 293 g/mol. The first-order chi connectivity index (χ1) is 9.66. The third-order valence-corrected chi connectivity index (χ3v) is 4.78. The van der Waals surface area contributed by atoms with E-state index in [0.29, 0.717) is 23.8 Å². The second kappa shape index (κ2) is 7.55. The van der Waals surface area contributed by atoms with Crippen LogP contribution in [0.3, 0.4) is 0 Å². The monoisotopic (exact) mass is 293 g/mol. The number of hydrogen-bond donors (Lipinski definition) is 2. The minimum atomic E-state index is 0.0435. The molecule has 1 atom stereocenters. The number of amides is 1. The van der Waals surface area contributed by atoms with E-state index in [2.05, 4.69) is 17.1 Å². The van der Waals surface area contributed by atoms with Gasteiger partial charge in [0.05, 0.1) is 11.4 Å². The van der Waals surface area contributed by atoms with E-state index >= 15 is 0 Å². The van der Waals surface area contributed by atoms with Gasteiger partial charge >= 0.3 is 0 Å². The molecule has 1 unspecified atom stereocenters. The van der Waals surface area contributed by atoms with Crippen LogP contribution in [-0.2, 0) is 4.79 Å². The smallest absolute Gasteiger partial charge is 0.224 e. The van der Waals surface area contributed by atoms with Gasteiger partial charge in [0, 0.05) is 30.5 Å². The van der Waals surface area contributed by atoms with Gasteiger partial charge in [-0.15, -0.1) is 0 Å². The lowest BCUT2D eigenvalue weighted by molar-refractivity contribution is -0.116. The molecule has 1 aliphatic heterocycles. The molecule has 0 aromatic heterocycles. The number of nitrogens with one attached hydrogen (secondary N) is 1. The van der Waals surface area contributed by atoms with Gasteiger partial charge in [-0.25, -0.2) is 0 Å². The van der Waals surface area contributed by atoms with Gasteiger partial charge in [-0.1, -0.05) is 12.1 Å². The first-order valence-electron chi connectivity index (χ1n) is 7.13. The Labute approximate surface area is 125 Å². The molecule has 1 amide bonds. The maximum absolute atomic E-state index is 11.9. The molecule has 1 saturated heterocycles. The molecule has 4 nitrogen and oxygen atoms in total. The van der Waals surface area contributed by atoms with Crippen molar-refractivity contribution in [3.8, 4) is 0 Å². The van der Waals surface area contributed by atoms with Crippen LogP contribution in [0.15, 0.2) is 24.3 Å². The molecular formula is C15H23N3OS. The minimum absolute atomic E-state index is 0.0435. The summed E-state index contributed by atoms with van der Waals surface area (Å²) in [5.74, 6) is 2.45. The van der Waals surface area contributed by atoms with Crippen molar-refractivity contribution in [2.24, 2.45) is 0 Å². The molecule has 0 bridgehead atoms. The van der Waals surface area contributed by atoms with Gasteiger partial charge in [0.1, 0.15) is 0 Å². The lowest BCUT2D eigenvalue weighted by Crippen LogP contribution is -2.41. The molecule has 1 aliphatic rings. The van der Waals surface area contributed by atoms with Crippen molar-refractivity contribution in [2.45, 2.75) is 25.8 Å². The van der Waals surface area contributed by atoms with E-state index in [9.17, 15) is 4.79 Å². The van der Waals surface area contributed by atoms with E-state index in [-0.39, 0.29) is 5.91 Å². The molecule has 2 rings (SSSR count). The predicted molar refractivity (Wildman–Crippen MR) is 87.1 cm³/mol. The third-order valence-electron chi connectivity index (χ3n) is 3.59. The molecule has 1 fully saturated rings. The Hall–Kier alpha value is -1.20. The molecular weight excluding hydrogens is 270 g/mol. The van der Waals surface area contributed by atoms with Crippen LogP contribution < -0.4 is 11.1 Å². The zero-order chi connectivity index (χ0) is 14.4. The van der Waals surface area contributed by atoms with E-state index in [1.54, 1.807) is 6.07 Å². The summed E-state index contributed by atoms with van der Waals surface area (Å²) in [6.45, 7) is 4.40. The summed E-state index contributed by atoms with van der Waals surface area (Å²) in [4.78, 5) is 14.4. The van der Waals surface area contributed by atoms with Crippen LogP contribution in [0.1, 0.15) is 19.8 Å². The quantitative estimate of drug-likeness (QED) is 0.819. The minimum Gasteiger partial charge on any atom is -0.397 e. The lowest BCUT2D eigenvalue weighted by atomic mass is 10.2. The molecule has 3 N–H and O–H groups in total. The highest BCUT2D eigenvalue weighted by Crippen LogP contribution is 2.18. The number of nitrogen functional groups attached to an aromatic ring is 1. The molecule has 0 spiro atoms. The van der Waals surface area contributed by atoms with E-state index in [4.69, 9.17) is 5.73 Å². The standard InChI is InChI=1S/C15H23N3OS/c1-12-11-20-10-9-18(12)8-4-7-15(19)17-14-6-3-2-5-13(14)16/h2-3,5-6,12H,4,7-11,16H2,1H3,(H,17,19). The number of benzene rings is 1. The number of hydrogen-bond acceptors (Lipinski definition) is 4. The van der Waals surface area contributed by atoms with E-state index < -0.39 is 0 Å². The summed E-state index contributed by atoms with van der Waals surface area (Å²) in [7, 11) is 0. The number of thioether (sulfide) groups is 1. The van der Waals surface area contributed by atoms with Crippen molar-refractivity contribution < 1.29 is 4.79 Å². The predicted octanol–water partition coefficient (Wildman–Crippen LogP) is 2.42. The highest BCUT2D eigenvalue weighted by molar-refractivity contribution is 7.99. The summed E-state index contributed by atoms with van der Waals surface area (Å²) in [5.41, 5.74) is 7.13. The number of nitrogens with zero attached hydrogens (tertiary/aromatic N) is 1. The molecule has 0 radical (unpaired) electrons. The fourth-order valence-corrected chi connectivity index (χ4v) is 3.44. The van der Waals surface area contributed by atoms with Crippen molar-refractivity contribution in [2.75, 3.05) is 35.6 Å². The number of carbonyl (C=O) groups is 1. The van der Waals surface area contributed by atoms with E-state index in [1.165, 1.54) is 11.5 Å². The van der Waals surface area contributed by atoms with Gasteiger partial charge in [-0.2, -0.15) is 11.8 Å². The van der Waals surface area contributed by atoms with Crippen LogP contribution in [0.2, 0.25) is 0 Å². The molecule has 5 heteroatoms. The Kier molecular flexibility index (Phi) is 5.73. The van der Waals surface area contributed by atoms with E-state index in [0.717, 1.165) is 19.5 Å². The molecule has 0 saturated carbocycles. The van der Waals surface area contributed by atoms with Crippen LogP contribution in [0.5, 0.6) is 0 Å². The van der Waals surface area contributed by atoms with Gasteiger partial charge in [0.25, 0.3) is 0 Å². The first kappa shape index (κ1) is 15.2. The van der Waals surface area contributed by atoms with Gasteiger partial charge in [-0.05, 0) is 32.0 Å². The summed E-state index contributed by atoms with van der Waals surface area (Å²) >= 11 is 2.02. The molecule has 0 aliphatic carbocycles. The number of carbonyl (C=O) groups excluding carboxylic acids is 1. The molecule has 20 heavy (non-hydrogen) atoms. The second-order valence-corrected chi connectivity index (χ2v) is 6.35. The summed E-state index contributed by atoms with van der Waals surface area (Å²) < 4.78 is 0. The van der Waals surface area contributed by atoms with Crippen molar-refractivity contribution >= 4 is 29.0 Å². The summed E-state index contributed by atoms with van der Waals surface area (Å²) in [6, 6.07) is 7.99. The lowest BCUT2D eigenvalue weighted by Gasteiger charge is -2.32. The molecule has 110 valence electrons. The fourth-order valence-electron chi connectivity index (χ4n) is 2.36. The van der Waals surface area contributed by atoms with Crippen LogP contribution in [0, 0.1) is 0 Å². The first-order valence-corrected chi connectivity index (χ1v) is 8.28. The van der Waals surface area contributed by atoms with Crippen molar-refractivity contribution in [1.82, 2.24) is 4.90 Å². The highest BCUT2D eigenvalue weighted by atomic mass is 32.2. The zero-order valence-corrected chi connectivity index (χ0v) is 12.8. The van der Waals surface area contributed by atoms with Crippen LogP contribution in [0.25, 0.3) is 0 Å². The van der Waals surface area contributed by atoms with Gasteiger partial charge < -0.3 is 11.1 Å². The van der Waals surface area contributed by atoms with E-state index in [1.807, 2.05) is 30.0 Å². The average Bonchev–Trinajstić information content (AvgIpc) is 2.43. The van der Waals surface area contributed by atoms with Gasteiger partial charge in [0.2, 0.25) is 5.91 Å². The Morgan fingerprint density at radius 1 is 1.50 bits per heavy atom. The van der Waals surface area contributed by atoms with Crippen molar-refractivity contribution in [3.05, 3.63) is 24.3 Å². The van der Waals surface area contributed by atoms with Crippen LogP contribution in [0.4, 0.5) is 11.4 Å². The second-order valence-electron chi connectivity index (χ2n) is 5.20. The highest BCUT2D eigenvalue weighted by Gasteiger charge is 2.18. The van der Waals surface area contributed by atoms with Crippen LogP contribution >= 0.6 is 11.8 Å². The number of anilines is 2. The molecule has 1 aromatic rings. The molecule has 1 aromatic carbocycles. The van der Waals surface area contributed by atoms with Gasteiger partial charge in [0.15, 0.2) is 0 Å². The maximum Gasteiger partial charge on any atom is 0.224 e. The summed E-state index contributed by atoms with van der Waals surface area (Å²) in [5, 5.41) is 2.87. The Morgan fingerprint density at radius 3 is 3.05 bits per heavy atom. The fraction of sp³-hybridized carbons (Fsp3) is 0.533. The molecule has 1 heterocycles. The van der Waals surface area contributed by atoms with Crippen molar-refractivity contribution in [1.29, 1.82) is 0 Å². The summed E-state index contributed by atoms with van der Waals surface area (Å²) in [6.07, 6.45) is 1.44. The third kappa shape index (κ3) is 4.42. The largest absolute Gasteiger partial charge is 0.397 e. The topological polar surface area (TPSA) is 58.4 Å². The Balaban J connectivity index is 1.71.